The van der Waals surface area contributed by atoms with Crippen molar-refractivity contribution in [2.45, 2.75) is 229 Å². The fraction of sp³-hybridized carbons (Fsp3) is 0.886. The van der Waals surface area contributed by atoms with Gasteiger partial charge in [-0.1, -0.05) is 30.8 Å². The van der Waals surface area contributed by atoms with Crippen LogP contribution in [-0.2, 0) is 133 Å². The minimum absolute atomic E-state index is 0. The summed E-state index contributed by atoms with van der Waals surface area (Å²) in [6, 6.07) is -6.36. The fourth-order valence-electron chi connectivity index (χ4n) is 13.8. The Kier molecular flexibility index (Phi) is 55.9. The van der Waals surface area contributed by atoms with E-state index in [1.807, 2.05) is 0 Å². The van der Waals surface area contributed by atoms with Crippen molar-refractivity contribution in [2.75, 3.05) is 117 Å². The molecule has 42 nitrogen and oxygen atoms in total. The molecule has 6 fully saturated rings. The van der Waals surface area contributed by atoms with Crippen LogP contribution in [0.4, 0.5) is 0 Å². The van der Waals surface area contributed by atoms with E-state index in [9.17, 15) is 120 Å². The zero-order chi connectivity index (χ0) is 86.2. The Morgan fingerprint density at radius 3 is 0.878 bits per heavy atom. The van der Waals surface area contributed by atoms with Gasteiger partial charge in [0.15, 0.2) is 12.6 Å². The zero-order valence-electron chi connectivity index (χ0n) is 64.3. The molecule has 45 heteroatoms. The Morgan fingerprint density at radius 1 is 0.313 bits per heavy atom. The van der Waals surface area contributed by atoms with Gasteiger partial charge in [-0.15, -0.1) is 0 Å². The molecule has 0 amide bonds. The maximum atomic E-state index is 12.3. The fourth-order valence-corrected chi connectivity index (χ4v) is 14.8. The van der Waals surface area contributed by atoms with Gasteiger partial charge in [-0.2, -0.15) is 0 Å². The predicted molar refractivity (Wildman–Crippen MR) is 392 cm³/mol. The molecule has 25 N–H and O–H groups in total. The third-order valence-corrected chi connectivity index (χ3v) is 21.6. The summed E-state index contributed by atoms with van der Waals surface area (Å²) in [5.41, 5.74) is 17.8. The Bertz CT molecular complexity index is 2810. The van der Waals surface area contributed by atoms with Gasteiger partial charge in [0.25, 0.3) is 0 Å². The van der Waals surface area contributed by atoms with Crippen molar-refractivity contribution in [2.24, 2.45) is 64.5 Å². The summed E-state index contributed by atoms with van der Waals surface area (Å²) in [4.78, 5) is 93.9. The van der Waals surface area contributed by atoms with E-state index in [-0.39, 0.29) is 98.9 Å². The van der Waals surface area contributed by atoms with E-state index in [4.69, 9.17) is 71.2 Å². The first-order valence-corrected chi connectivity index (χ1v) is 38.9. The van der Waals surface area contributed by atoms with Crippen molar-refractivity contribution in [1.29, 1.82) is 0 Å². The molecule has 12 unspecified atom stereocenters. The molecule has 6 saturated heterocycles. The van der Waals surface area contributed by atoms with Crippen molar-refractivity contribution >= 4 is 62.2 Å². The number of hydrogen-bond donors (Lipinski definition) is 22. The van der Waals surface area contributed by atoms with Gasteiger partial charge in [0.2, 0.25) is 0 Å². The first kappa shape index (κ1) is 113. The summed E-state index contributed by atoms with van der Waals surface area (Å²) < 4.78 is 73.9. The molecule has 0 saturated carbocycles. The predicted octanol–water partition coefficient (Wildman–Crippen LogP) is -10.7. The minimum atomic E-state index is -1.63. The maximum absolute atomic E-state index is 12.3. The molecule has 6 rings (SSSR count). The molecule has 115 heavy (non-hydrogen) atoms. The van der Waals surface area contributed by atoms with Gasteiger partial charge in [0, 0.05) is 48.6 Å². The second-order valence-corrected chi connectivity index (χ2v) is 29.2. The number of carbonyl (C=O) groups is 8. The molecule has 0 radical (unpaired) electrons. The summed E-state index contributed by atoms with van der Waals surface area (Å²) >= 11 is 4.58. The molecular weight excluding hydrogens is 1680 g/mol. The average molecular weight is 1800 g/mol. The van der Waals surface area contributed by atoms with Gasteiger partial charge < -0.3 is 162 Å². The van der Waals surface area contributed by atoms with Crippen LogP contribution in [0, 0.1) is 47.3 Å². The number of carbonyl (C=O) groups excluding carboxylic acids is 8. The van der Waals surface area contributed by atoms with Gasteiger partial charge in [-0.25, -0.2) is 0 Å². The number of ether oxygens (including phenoxy) is 10. The van der Waals surface area contributed by atoms with Crippen molar-refractivity contribution in [3.63, 3.8) is 0 Å². The third kappa shape index (κ3) is 32.7. The van der Waals surface area contributed by atoms with Crippen LogP contribution in [0.25, 0.3) is 0 Å². The first-order chi connectivity index (χ1) is 53.3. The molecule has 0 aromatic rings. The van der Waals surface area contributed by atoms with Crippen molar-refractivity contribution in [3.8, 4) is 0 Å². The average Bonchev–Trinajstić information content (AvgIpc) is 0.798. The second kappa shape index (κ2) is 57.1. The Hall–Kier alpha value is -2.41. The number of hydrogen-bond acceptors (Lipinski definition) is 42. The van der Waals surface area contributed by atoms with Crippen LogP contribution in [0.2, 0.25) is 0 Å². The standard InChI is InChI=1S/C40H67N3O19.C22H43N3O13.C6H9BrO2.2CH4.2O.2Ti/c1-17(47)23(18(2)48)7-41-33-31(15-59-14-27-29(11-45)62-40(57)35(37(27)54)43-9-25(21(5)51)22(6)52)60-28(10-44)26(36(33)53)13-58-16-32-34(39(56)38(55)30(12-46)61-32)42-8-24(19(3)49)20(4)50;23-15-13(6-35-5-9-11(2-27)38-22(33)17(25)19(9)30)36-10(1-26)8(18(15)29)4-34-7-14-16(24)21(32)20(31)12(3-28)37-14;1-4(8)6(3-7)5(2)9;;;;;;/h23-46,53-57H,7-16H2,1-6H3;8-22,26-33H,1-7,23-25H2;6H,3H2,1-2H3;2*1H4;;;;/t26-,27-,28?,29?,30?,31+,32+,33?,34?,35?,36-,37-,38-,39+,40-;8-,9-,10?,11?,12?,13+,14+,15?,16?,17?,18-,19-,20-,21+,22-;;;;;;;/m11......./s1. The number of nitrogens with one attached hydrogen (secondary N) is 3. The van der Waals surface area contributed by atoms with Crippen LogP contribution in [0.1, 0.15) is 70.2 Å². The van der Waals surface area contributed by atoms with E-state index in [1.54, 1.807) is 0 Å². The van der Waals surface area contributed by atoms with Gasteiger partial charge in [-0.05, 0) is 55.4 Å². The van der Waals surface area contributed by atoms with E-state index in [2.05, 4.69) is 31.9 Å². The number of rotatable bonds is 40. The number of Topliss-reactive ketones (excluding diaryl/α,β-unsaturated/α-hetero) is 8. The molecule has 30 atom stereocenters. The summed E-state index contributed by atoms with van der Waals surface area (Å²) in [5.74, 6) is -9.78. The molecule has 0 bridgehead atoms. The molecular formula is C70H127BrN6O36Ti2. The van der Waals surface area contributed by atoms with Crippen LogP contribution in [0.15, 0.2) is 0 Å². The normalized spacial score (nSPS) is 35.1. The number of halogens is 1. The molecule has 0 aliphatic carbocycles. The number of alkyl halides is 1. The van der Waals surface area contributed by atoms with E-state index in [0.29, 0.717) is 5.33 Å². The van der Waals surface area contributed by atoms with Crippen molar-refractivity contribution < 1.29 is 215 Å². The molecule has 0 aromatic carbocycles. The summed E-state index contributed by atoms with van der Waals surface area (Å²) in [7, 11) is 0. The molecule has 6 heterocycles. The van der Waals surface area contributed by atoms with Gasteiger partial charge in [0.05, 0.1) is 226 Å². The Balaban J connectivity index is 0.00000208. The van der Waals surface area contributed by atoms with Gasteiger partial charge >= 0.3 is 47.5 Å². The van der Waals surface area contributed by atoms with Crippen LogP contribution in [0.5, 0.6) is 0 Å². The Morgan fingerprint density at radius 2 is 0.557 bits per heavy atom. The number of nitrogens with two attached hydrogens (primary N) is 3. The van der Waals surface area contributed by atoms with E-state index in [0.717, 1.165) is 40.8 Å². The van der Waals surface area contributed by atoms with E-state index < -0.39 is 280 Å². The molecule has 6 aliphatic heterocycles. The molecule has 6 aliphatic rings. The van der Waals surface area contributed by atoms with Crippen molar-refractivity contribution in [3.05, 3.63) is 0 Å². The third-order valence-electron chi connectivity index (χ3n) is 20.9. The SMILES string of the molecule is C.C.CC(=O)C(CBr)C(C)=O.CC(=O)C(CNC1[C@H](COC[C@@H]2C(CO)O[C@@H](COC[C@@H]3C(CO)O[C@@H](O)C(NCC(C(C)=O)C(C)=O)[C@@H]3O)C(NCC(C(C)=O)C(C)=O)[C@@H]2O)OC(CO)[C@@H](O)[C@H]1O)C(C)=O.NC1[C@H](COC[C@@H]2C(CO)O[C@@H](COC[C@@H]3C(CO)O[C@@H](O)C(N)[C@@H]3O)C(N)[C@@H]2O)OC(CO)[C@@H](O)[C@H]1O.[O]=[Ti].[O]=[Ti]. The summed E-state index contributed by atoms with van der Waals surface area (Å²) in [5, 5.41) is 174. The van der Waals surface area contributed by atoms with E-state index in [1.165, 1.54) is 55.4 Å². The zero-order valence-corrected chi connectivity index (χ0v) is 69.0. The quantitative estimate of drug-likeness (QED) is 0.0154. The van der Waals surface area contributed by atoms with Crippen LogP contribution in [-0.4, -0.2) is 404 Å². The van der Waals surface area contributed by atoms with Crippen LogP contribution in [0.3, 0.4) is 0 Å². The first-order valence-electron chi connectivity index (χ1n) is 36.5. The number of aliphatic hydroxyl groups excluding tert-OH is 16. The number of ketones is 8. The molecule has 0 aromatic heterocycles. The van der Waals surface area contributed by atoms with Gasteiger partial charge in [-0.3, -0.25) is 38.4 Å². The van der Waals surface area contributed by atoms with Crippen molar-refractivity contribution in [1.82, 2.24) is 16.0 Å². The second-order valence-electron chi connectivity index (χ2n) is 28.6. The van der Waals surface area contributed by atoms with Crippen LogP contribution >= 0.6 is 15.9 Å². The monoisotopic (exact) mass is 1800 g/mol. The summed E-state index contributed by atoms with van der Waals surface area (Å²) in [6.07, 6.45) is -24.1. The van der Waals surface area contributed by atoms with E-state index >= 15 is 0 Å². The Labute approximate surface area is 700 Å². The van der Waals surface area contributed by atoms with Gasteiger partial charge in [0.1, 0.15) is 82.9 Å². The number of aliphatic hydroxyl groups is 16. The molecule has 0 spiro atoms. The van der Waals surface area contributed by atoms with Crippen LogP contribution < -0.4 is 33.2 Å². The topological polar surface area (TPSA) is 701 Å². The summed E-state index contributed by atoms with van der Waals surface area (Å²) in [6.45, 7) is 4.54. The molecule has 668 valence electrons.